The first-order valence-corrected chi connectivity index (χ1v) is 9.52. The fourth-order valence-corrected chi connectivity index (χ4v) is 3.71. The highest BCUT2D eigenvalue weighted by Gasteiger charge is 2.12. The Labute approximate surface area is 161 Å². The van der Waals surface area contributed by atoms with E-state index in [0.717, 1.165) is 34.2 Å². The van der Waals surface area contributed by atoms with E-state index in [0.29, 0.717) is 16.7 Å². The van der Waals surface area contributed by atoms with Gasteiger partial charge in [0, 0.05) is 30.2 Å². The Balaban J connectivity index is 1.55. The normalized spacial score (nSPS) is 11.3. The first kappa shape index (κ1) is 17.5. The minimum absolute atomic E-state index is 0.631. The highest BCUT2D eigenvalue weighted by atomic mass is 32.2. The van der Waals surface area contributed by atoms with E-state index in [2.05, 4.69) is 15.1 Å². The summed E-state index contributed by atoms with van der Waals surface area (Å²) in [4.78, 5) is 13.7. The van der Waals surface area contributed by atoms with Gasteiger partial charge < -0.3 is 9.30 Å². The fraction of sp³-hybridized carbons (Fsp3) is 0.263. The van der Waals surface area contributed by atoms with Crippen LogP contribution < -0.4 is 4.74 Å². The molecule has 3 aromatic heterocycles. The number of hydrogen-bond acceptors (Lipinski definition) is 6. The molecule has 0 saturated heterocycles. The topological polar surface area (TPSA) is 70.1 Å². The van der Waals surface area contributed by atoms with Crippen molar-refractivity contribution >= 4 is 17.5 Å². The summed E-state index contributed by atoms with van der Waals surface area (Å²) in [6.07, 6.45) is 2.02. The second-order valence-corrected chi connectivity index (χ2v) is 7.26. The van der Waals surface area contributed by atoms with Crippen molar-refractivity contribution in [1.29, 1.82) is 0 Å². The second kappa shape index (κ2) is 7.03. The summed E-state index contributed by atoms with van der Waals surface area (Å²) in [7, 11) is 3.66. The molecule has 7 nitrogen and oxygen atoms in total. The lowest BCUT2D eigenvalue weighted by Crippen LogP contribution is -1.97. The van der Waals surface area contributed by atoms with Gasteiger partial charge in [0.1, 0.15) is 11.6 Å². The fourth-order valence-electron chi connectivity index (χ4n) is 2.90. The van der Waals surface area contributed by atoms with Gasteiger partial charge in [-0.2, -0.15) is 4.98 Å². The number of aromatic nitrogens is 6. The van der Waals surface area contributed by atoms with Gasteiger partial charge in [0.2, 0.25) is 5.16 Å². The van der Waals surface area contributed by atoms with Crippen molar-refractivity contribution in [2.75, 3.05) is 7.11 Å². The standard InChI is InChI=1S/C19H20N6OS/c1-12-8-13(2)25-18(20-12)22-19(23-25)27-11-17-21-16(10-24(17)3)14-6-5-7-15(9-14)26-4/h5-10H,11H2,1-4H3. The van der Waals surface area contributed by atoms with E-state index in [-0.39, 0.29) is 0 Å². The van der Waals surface area contributed by atoms with Crippen LogP contribution in [0.2, 0.25) is 0 Å². The number of fused-ring (bicyclic) bond motifs is 1. The molecule has 0 spiro atoms. The Hall–Kier alpha value is -2.87. The zero-order chi connectivity index (χ0) is 19.0. The van der Waals surface area contributed by atoms with E-state index >= 15 is 0 Å². The molecule has 0 bridgehead atoms. The summed E-state index contributed by atoms with van der Waals surface area (Å²) < 4.78 is 9.11. The molecule has 0 atom stereocenters. The monoisotopic (exact) mass is 380 g/mol. The highest BCUT2D eigenvalue weighted by Crippen LogP contribution is 2.25. The van der Waals surface area contributed by atoms with Crippen molar-refractivity contribution < 1.29 is 4.74 Å². The maximum Gasteiger partial charge on any atom is 0.253 e. The van der Waals surface area contributed by atoms with Crippen LogP contribution in [-0.2, 0) is 12.8 Å². The van der Waals surface area contributed by atoms with Gasteiger partial charge in [-0.15, -0.1) is 5.10 Å². The molecule has 0 radical (unpaired) electrons. The molecular weight excluding hydrogens is 360 g/mol. The van der Waals surface area contributed by atoms with Crippen molar-refractivity contribution in [2.45, 2.75) is 24.8 Å². The smallest absolute Gasteiger partial charge is 0.253 e. The molecule has 138 valence electrons. The van der Waals surface area contributed by atoms with Gasteiger partial charge in [0.05, 0.1) is 18.6 Å². The zero-order valence-corrected chi connectivity index (χ0v) is 16.5. The van der Waals surface area contributed by atoms with Gasteiger partial charge >= 0.3 is 0 Å². The van der Waals surface area contributed by atoms with Crippen molar-refractivity contribution in [2.24, 2.45) is 7.05 Å². The first-order chi connectivity index (χ1) is 13.0. The van der Waals surface area contributed by atoms with Gasteiger partial charge in [-0.1, -0.05) is 23.9 Å². The van der Waals surface area contributed by atoms with E-state index in [1.165, 1.54) is 0 Å². The van der Waals surface area contributed by atoms with Crippen molar-refractivity contribution in [3.8, 4) is 17.0 Å². The van der Waals surface area contributed by atoms with E-state index in [4.69, 9.17) is 9.72 Å². The second-order valence-electron chi connectivity index (χ2n) is 6.32. The van der Waals surface area contributed by atoms with Gasteiger partial charge in [-0.3, -0.25) is 0 Å². The number of thioether (sulfide) groups is 1. The van der Waals surface area contributed by atoms with E-state index in [1.807, 2.05) is 62.0 Å². The Morgan fingerprint density at radius 3 is 2.78 bits per heavy atom. The Morgan fingerprint density at radius 2 is 1.96 bits per heavy atom. The van der Waals surface area contributed by atoms with Crippen LogP contribution in [0.3, 0.4) is 0 Å². The maximum atomic E-state index is 5.30. The third-order valence-corrected chi connectivity index (χ3v) is 5.10. The molecule has 0 saturated carbocycles. The summed E-state index contributed by atoms with van der Waals surface area (Å²) in [5, 5.41) is 5.23. The van der Waals surface area contributed by atoms with Crippen LogP contribution in [0.15, 0.2) is 41.7 Å². The molecule has 8 heteroatoms. The molecule has 0 N–H and O–H groups in total. The number of hydrogen-bond donors (Lipinski definition) is 0. The molecule has 0 aliphatic rings. The first-order valence-electron chi connectivity index (χ1n) is 8.54. The third-order valence-electron chi connectivity index (χ3n) is 4.27. The van der Waals surface area contributed by atoms with Crippen LogP contribution in [0, 0.1) is 13.8 Å². The number of benzene rings is 1. The van der Waals surface area contributed by atoms with Crippen LogP contribution in [0.5, 0.6) is 5.75 Å². The van der Waals surface area contributed by atoms with Crippen molar-refractivity contribution in [1.82, 2.24) is 29.1 Å². The molecule has 0 aliphatic carbocycles. The molecule has 0 fully saturated rings. The van der Waals surface area contributed by atoms with E-state index in [9.17, 15) is 0 Å². The summed E-state index contributed by atoms with van der Waals surface area (Å²) >= 11 is 1.55. The SMILES string of the molecule is COc1cccc(-c2cn(C)c(CSc3nc4nc(C)cc(C)n4n3)n2)c1. The van der Waals surface area contributed by atoms with Crippen LogP contribution in [0.25, 0.3) is 17.0 Å². The molecular formula is C19H20N6OS. The van der Waals surface area contributed by atoms with Gasteiger partial charge in [0.25, 0.3) is 5.78 Å². The Kier molecular flexibility index (Phi) is 4.57. The van der Waals surface area contributed by atoms with Crippen LogP contribution >= 0.6 is 11.8 Å². The predicted octanol–water partition coefficient (Wildman–Crippen LogP) is 3.44. The molecule has 1 aromatic carbocycles. The largest absolute Gasteiger partial charge is 0.497 e. The van der Waals surface area contributed by atoms with Crippen LogP contribution in [0.1, 0.15) is 17.2 Å². The number of aryl methyl sites for hydroxylation is 3. The van der Waals surface area contributed by atoms with Gasteiger partial charge in [-0.25, -0.2) is 14.5 Å². The lowest BCUT2D eigenvalue weighted by atomic mass is 10.1. The number of rotatable bonds is 5. The van der Waals surface area contributed by atoms with Gasteiger partial charge in [0.15, 0.2) is 0 Å². The molecule has 0 unspecified atom stereocenters. The van der Waals surface area contributed by atoms with Crippen molar-refractivity contribution in [3.63, 3.8) is 0 Å². The van der Waals surface area contributed by atoms with Crippen molar-refractivity contribution in [3.05, 3.63) is 53.7 Å². The van der Waals surface area contributed by atoms with Crippen LogP contribution in [0.4, 0.5) is 0 Å². The quantitative estimate of drug-likeness (QED) is 0.494. The number of imidazole rings is 1. The number of ether oxygens (including phenoxy) is 1. The maximum absolute atomic E-state index is 5.30. The zero-order valence-electron chi connectivity index (χ0n) is 15.7. The summed E-state index contributed by atoms with van der Waals surface area (Å²) in [5.41, 5.74) is 3.91. The van der Waals surface area contributed by atoms with Crippen LogP contribution in [-0.4, -0.2) is 36.2 Å². The predicted molar refractivity (Wildman–Crippen MR) is 105 cm³/mol. The molecule has 3 heterocycles. The summed E-state index contributed by atoms with van der Waals surface area (Å²) in [6.45, 7) is 3.96. The van der Waals surface area contributed by atoms with E-state index in [1.54, 1.807) is 23.4 Å². The summed E-state index contributed by atoms with van der Waals surface area (Å²) in [6, 6.07) is 9.91. The Bertz CT molecular complexity index is 1120. The minimum atomic E-state index is 0.631. The average molecular weight is 380 g/mol. The lowest BCUT2D eigenvalue weighted by Gasteiger charge is -2.01. The number of methoxy groups -OCH3 is 1. The Morgan fingerprint density at radius 1 is 1.11 bits per heavy atom. The molecule has 4 rings (SSSR count). The molecule has 27 heavy (non-hydrogen) atoms. The average Bonchev–Trinajstić information content (AvgIpc) is 3.23. The molecule has 0 aliphatic heterocycles. The third kappa shape index (κ3) is 3.52. The minimum Gasteiger partial charge on any atom is -0.497 e. The molecule has 4 aromatic rings. The van der Waals surface area contributed by atoms with Gasteiger partial charge in [-0.05, 0) is 32.0 Å². The molecule has 0 amide bonds. The highest BCUT2D eigenvalue weighted by molar-refractivity contribution is 7.98. The summed E-state index contributed by atoms with van der Waals surface area (Å²) in [5.74, 6) is 3.08. The lowest BCUT2D eigenvalue weighted by molar-refractivity contribution is 0.415. The van der Waals surface area contributed by atoms with E-state index < -0.39 is 0 Å². The number of nitrogens with zero attached hydrogens (tertiary/aromatic N) is 6.